The van der Waals surface area contributed by atoms with Gasteiger partial charge in [0.15, 0.2) is 5.65 Å². The van der Waals surface area contributed by atoms with Gasteiger partial charge in [-0.25, -0.2) is 28.2 Å². The van der Waals surface area contributed by atoms with Crippen molar-refractivity contribution in [1.29, 1.82) is 0 Å². The van der Waals surface area contributed by atoms with E-state index >= 15 is 0 Å². The number of alkyl halides is 2. The minimum atomic E-state index is -2.66. The van der Waals surface area contributed by atoms with Crippen LogP contribution < -0.4 is 4.90 Å². The third-order valence-electron chi connectivity index (χ3n) is 4.33. The smallest absolute Gasteiger partial charge is 0.282 e. The Bertz CT molecular complexity index is 936. The van der Waals surface area contributed by atoms with Gasteiger partial charge in [0.2, 0.25) is 0 Å². The summed E-state index contributed by atoms with van der Waals surface area (Å²) in [6, 6.07) is 4.64. The van der Waals surface area contributed by atoms with E-state index in [2.05, 4.69) is 25.0 Å². The zero-order valence-electron chi connectivity index (χ0n) is 13.9. The van der Waals surface area contributed by atoms with Gasteiger partial charge in [-0.15, -0.1) is 0 Å². The van der Waals surface area contributed by atoms with Crippen LogP contribution in [-0.2, 0) is 11.2 Å². The molecule has 1 aliphatic heterocycles. The standard InChI is InChI=1S/C16H16F2N6OS/c1-10-8-26(25)5-4-23(10)15-6-12(20-9-21-15)13-7-19-14-3-2-11(16(17)18)22-24(13)14/h2-3,6-7,9-10,16H,4-5,8H2,1H3. The molecule has 1 saturated heterocycles. The lowest BCUT2D eigenvalue weighted by atomic mass is 10.2. The van der Waals surface area contributed by atoms with Gasteiger partial charge in [-0.2, -0.15) is 5.10 Å². The van der Waals surface area contributed by atoms with Crippen molar-refractivity contribution in [3.63, 3.8) is 0 Å². The van der Waals surface area contributed by atoms with E-state index in [1.165, 1.54) is 23.0 Å². The van der Waals surface area contributed by atoms with E-state index in [1.54, 1.807) is 12.3 Å². The van der Waals surface area contributed by atoms with E-state index in [0.717, 1.165) is 0 Å². The second kappa shape index (κ2) is 6.76. The molecule has 0 amide bonds. The van der Waals surface area contributed by atoms with Gasteiger partial charge >= 0.3 is 0 Å². The average Bonchev–Trinajstić information content (AvgIpc) is 3.05. The van der Waals surface area contributed by atoms with Gasteiger partial charge in [-0.3, -0.25) is 0 Å². The van der Waals surface area contributed by atoms with Crippen molar-refractivity contribution in [2.45, 2.75) is 19.4 Å². The molecule has 0 N–H and O–H groups in total. The molecule has 1 aliphatic rings. The van der Waals surface area contributed by atoms with Gasteiger partial charge in [0.05, 0.1) is 24.5 Å². The van der Waals surface area contributed by atoms with Crippen LogP contribution in [0.2, 0.25) is 0 Å². The first kappa shape index (κ1) is 17.1. The minimum absolute atomic E-state index is 0.0954. The van der Waals surface area contributed by atoms with Crippen LogP contribution in [-0.4, -0.2) is 53.2 Å². The van der Waals surface area contributed by atoms with E-state index in [4.69, 9.17) is 0 Å². The minimum Gasteiger partial charge on any atom is -0.616 e. The number of hydrogen-bond donors (Lipinski definition) is 0. The molecule has 2 unspecified atom stereocenters. The van der Waals surface area contributed by atoms with Crippen molar-refractivity contribution in [3.8, 4) is 11.4 Å². The van der Waals surface area contributed by atoms with Crippen LogP contribution in [0.5, 0.6) is 0 Å². The summed E-state index contributed by atoms with van der Waals surface area (Å²) in [6.45, 7) is 2.65. The molecule has 2 atom stereocenters. The zero-order chi connectivity index (χ0) is 18.3. The molecule has 3 aromatic heterocycles. The maximum atomic E-state index is 13.0. The predicted molar refractivity (Wildman–Crippen MR) is 93.7 cm³/mol. The van der Waals surface area contributed by atoms with Crippen LogP contribution in [0.15, 0.2) is 30.7 Å². The van der Waals surface area contributed by atoms with Crippen molar-refractivity contribution in [2.24, 2.45) is 0 Å². The third-order valence-corrected chi connectivity index (χ3v) is 5.83. The van der Waals surface area contributed by atoms with Crippen LogP contribution in [0.25, 0.3) is 17.0 Å². The summed E-state index contributed by atoms with van der Waals surface area (Å²) < 4.78 is 39.0. The average molecular weight is 378 g/mol. The number of nitrogens with zero attached hydrogens (tertiary/aromatic N) is 6. The number of hydrogen-bond acceptors (Lipinski definition) is 6. The molecule has 3 aromatic rings. The highest BCUT2D eigenvalue weighted by molar-refractivity contribution is 7.91. The van der Waals surface area contributed by atoms with Gasteiger partial charge in [0.1, 0.15) is 35.0 Å². The third kappa shape index (κ3) is 3.10. The van der Waals surface area contributed by atoms with Gasteiger partial charge in [0.25, 0.3) is 6.43 Å². The van der Waals surface area contributed by atoms with Crippen LogP contribution in [0.3, 0.4) is 0 Å². The Morgan fingerprint density at radius 3 is 2.88 bits per heavy atom. The second-order valence-corrected chi connectivity index (χ2v) is 7.71. The lowest BCUT2D eigenvalue weighted by Gasteiger charge is -2.34. The quantitative estimate of drug-likeness (QED) is 0.649. The second-order valence-electron chi connectivity index (χ2n) is 6.09. The van der Waals surface area contributed by atoms with Crippen molar-refractivity contribution in [2.75, 3.05) is 23.0 Å². The predicted octanol–water partition coefficient (Wildman–Crippen LogP) is 2.08. The zero-order valence-corrected chi connectivity index (χ0v) is 14.7. The summed E-state index contributed by atoms with van der Waals surface area (Å²) in [6.07, 6.45) is 0.322. The highest BCUT2D eigenvalue weighted by Gasteiger charge is 2.28. The van der Waals surface area contributed by atoms with Crippen LogP contribution >= 0.6 is 0 Å². The largest absolute Gasteiger partial charge is 0.616 e. The molecular formula is C16H16F2N6OS. The van der Waals surface area contributed by atoms with E-state index in [1.807, 2.05) is 6.92 Å². The summed E-state index contributed by atoms with van der Waals surface area (Å²) in [7, 11) is 0. The molecule has 0 aliphatic carbocycles. The number of halogens is 2. The highest BCUT2D eigenvalue weighted by Crippen LogP contribution is 2.25. The number of anilines is 1. The van der Waals surface area contributed by atoms with Crippen LogP contribution in [0.4, 0.5) is 14.6 Å². The maximum absolute atomic E-state index is 13.0. The Morgan fingerprint density at radius 1 is 1.27 bits per heavy atom. The molecular weight excluding hydrogens is 362 g/mol. The molecule has 4 heterocycles. The van der Waals surface area contributed by atoms with Gasteiger partial charge in [-0.1, -0.05) is 0 Å². The summed E-state index contributed by atoms with van der Waals surface area (Å²) in [5.74, 6) is 1.89. The first-order valence-corrected chi connectivity index (χ1v) is 9.58. The lowest BCUT2D eigenvalue weighted by molar-refractivity contribution is 0.144. The first-order chi connectivity index (χ1) is 12.5. The van der Waals surface area contributed by atoms with Gasteiger partial charge < -0.3 is 9.45 Å². The summed E-state index contributed by atoms with van der Waals surface area (Å²) in [4.78, 5) is 14.9. The molecule has 1 fully saturated rings. The normalized spacial score (nSPS) is 20.9. The van der Waals surface area contributed by atoms with Crippen molar-refractivity contribution >= 4 is 22.6 Å². The SMILES string of the molecule is CC1C[S+]([O-])CCN1c1cc(-c2cnc3ccc(C(F)F)nn23)ncn1. The summed E-state index contributed by atoms with van der Waals surface area (Å²) in [5, 5.41) is 3.97. The Labute approximate surface area is 151 Å². The maximum Gasteiger partial charge on any atom is 0.282 e. The monoisotopic (exact) mass is 378 g/mol. The van der Waals surface area contributed by atoms with Crippen molar-refractivity contribution in [3.05, 3.63) is 36.4 Å². The van der Waals surface area contributed by atoms with E-state index in [9.17, 15) is 13.3 Å². The number of aromatic nitrogens is 5. The van der Waals surface area contributed by atoms with E-state index in [0.29, 0.717) is 40.9 Å². The molecule has 0 saturated carbocycles. The van der Waals surface area contributed by atoms with E-state index in [-0.39, 0.29) is 11.7 Å². The lowest BCUT2D eigenvalue weighted by Crippen LogP contribution is -2.47. The highest BCUT2D eigenvalue weighted by atomic mass is 32.2. The molecule has 136 valence electrons. The molecule has 10 heteroatoms. The molecule has 0 radical (unpaired) electrons. The number of imidazole rings is 1. The Balaban J connectivity index is 1.73. The number of fused-ring (bicyclic) bond motifs is 1. The van der Waals surface area contributed by atoms with Crippen molar-refractivity contribution < 1.29 is 13.3 Å². The Kier molecular flexibility index (Phi) is 4.45. The fraction of sp³-hybridized carbons (Fsp3) is 0.375. The first-order valence-electron chi connectivity index (χ1n) is 8.10. The molecule has 4 rings (SSSR count). The molecule has 0 aromatic carbocycles. The number of rotatable bonds is 3. The fourth-order valence-corrected chi connectivity index (χ4v) is 4.31. The fourth-order valence-electron chi connectivity index (χ4n) is 3.03. The topological polar surface area (TPSA) is 82.3 Å². The molecule has 0 bridgehead atoms. The molecule has 0 spiro atoms. The summed E-state index contributed by atoms with van der Waals surface area (Å²) >= 11 is -0.806. The Hall–Kier alpha value is -2.33. The Morgan fingerprint density at radius 2 is 2.12 bits per heavy atom. The molecule has 26 heavy (non-hydrogen) atoms. The van der Waals surface area contributed by atoms with Gasteiger partial charge in [-0.05, 0) is 30.2 Å². The summed E-state index contributed by atoms with van der Waals surface area (Å²) in [5.41, 5.74) is 1.20. The van der Waals surface area contributed by atoms with Crippen LogP contribution in [0, 0.1) is 0 Å². The van der Waals surface area contributed by atoms with Crippen molar-refractivity contribution in [1.82, 2.24) is 24.6 Å². The van der Waals surface area contributed by atoms with Crippen LogP contribution in [0.1, 0.15) is 19.0 Å². The van der Waals surface area contributed by atoms with E-state index < -0.39 is 17.6 Å². The molecule has 7 nitrogen and oxygen atoms in total. The van der Waals surface area contributed by atoms with Gasteiger partial charge in [0, 0.05) is 6.07 Å².